The van der Waals surface area contributed by atoms with Gasteiger partial charge in [0, 0.05) is 7.11 Å². The zero-order valence-corrected chi connectivity index (χ0v) is 18.8. The standard InChI is InChI=1S/C18H34N2O6Si/c1-9-24-16(21)19-14(13-26-27(7,8)18(3,4)5)11-12-15(23-6)20(19)17(22)25-10-2/h11-12,14-15H,9-10,13H2,1-8H3/t14-,15+/m0/s1. The molecule has 1 rings (SSSR count). The van der Waals surface area contributed by atoms with Crippen LogP contribution in [0.25, 0.3) is 0 Å². The highest BCUT2D eigenvalue weighted by atomic mass is 28.4. The molecule has 0 bridgehead atoms. The fraction of sp³-hybridized carbons (Fsp3) is 0.778. The SMILES string of the molecule is CCOC(=O)N1[C@H](CO[Si](C)(C)C(C)(C)C)C=C[C@@H](OC)N1C(=O)OCC. The van der Waals surface area contributed by atoms with Gasteiger partial charge in [-0.1, -0.05) is 26.8 Å². The Bertz CT molecular complexity index is 546. The minimum Gasteiger partial charge on any atom is -0.448 e. The molecule has 156 valence electrons. The summed E-state index contributed by atoms with van der Waals surface area (Å²) in [6, 6.07) is -0.506. The van der Waals surface area contributed by atoms with E-state index in [2.05, 4.69) is 33.9 Å². The Balaban J connectivity index is 3.16. The summed E-state index contributed by atoms with van der Waals surface area (Å²) in [4.78, 5) is 25.1. The van der Waals surface area contributed by atoms with Crippen LogP contribution in [0.5, 0.6) is 0 Å². The van der Waals surface area contributed by atoms with Gasteiger partial charge >= 0.3 is 12.2 Å². The summed E-state index contributed by atoms with van der Waals surface area (Å²) in [6.45, 7) is 14.7. The molecule has 0 aromatic heterocycles. The van der Waals surface area contributed by atoms with Crippen molar-refractivity contribution in [1.29, 1.82) is 0 Å². The normalized spacial score (nSPS) is 20.6. The molecule has 0 aromatic rings. The maximum Gasteiger partial charge on any atom is 0.431 e. The quantitative estimate of drug-likeness (QED) is 0.497. The molecule has 0 saturated carbocycles. The van der Waals surface area contributed by atoms with Crippen molar-refractivity contribution in [3.63, 3.8) is 0 Å². The molecule has 0 saturated heterocycles. The van der Waals surface area contributed by atoms with Gasteiger partial charge in [-0.25, -0.2) is 14.6 Å². The van der Waals surface area contributed by atoms with Crippen molar-refractivity contribution in [2.75, 3.05) is 26.9 Å². The van der Waals surface area contributed by atoms with Crippen molar-refractivity contribution in [3.05, 3.63) is 12.2 Å². The van der Waals surface area contributed by atoms with Crippen LogP contribution in [0.1, 0.15) is 34.6 Å². The van der Waals surface area contributed by atoms with Crippen LogP contribution < -0.4 is 0 Å². The largest absolute Gasteiger partial charge is 0.448 e. The third-order valence-corrected chi connectivity index (χ3v) is 9.36. The van der Waals surface area contributed by atoms with E-state index >= 15 is 0 Å². The number of ether oxygens (including phenoxy) is 3. The first-order valence-electron chi connectivity index (χ1n) is 9.27. The monoisotopic (exact) mass is 402 g/mol. The Morgan fingerprint density at radius 1 is 1.00 bits per heavy atom. The zero-order valence-electron chi connectivity index (χ0n) is 17.8. The lowest BCUT2D eigenvalue weighted by molar-refractivity contribution is -0.125. The molecule has 2 atom stereocenters. The minimum absolute atomic E-state index is 0.0238. The van der Waals surface area contributed by atoms with Crippen LogP contribution in [0, 0.1) is 0 Å². The van der Waals surface area contributed by atoms with Gasteiger partial charge in [-0.2, -0.15) is 5.01 Å². The zero-order chi connectivity index (χ0) is 20.8. The average molecular weight is 403 g/mol. The van der Waals surface area contributed by atoms with E-state index in [-0.39, 0.29) is 24.9 Å². The number of hydrogen-bond acceptors (Lipinski definition) is 6. The summed E-state index contributed by atoms with van der Waals surface area (Å²) in [5.74, 6) is 0. The van der Waals surface area contributed by atoms with Gasteiger partial charge in [0.2, 0.25) is 0 Å². The molecular weight excluding hydrogens is 368 g/mol. The topological polar surface area (TPSA) is 77.5 Å². The first kappa shape index (κ1) is 23.5. The first-order chi connectivity index (χ1) is 12.5. The Morgan fingerprint density at radius 2 is 1.52 bits per heavy atom. The van der Waals surface area contributed by atoms with Crippen molar-refractivity contribution >= 4 is 20.5 Å². The summed E-state index contributed by atoms with van der Waals surface area (Å²) < 4.78 is 21.9. The summed E-state index contributed by atoms with van der Waals surface area (Å²) in [7, 11) is -0.585. The van der Waals surface area contributed by atoms with E-state index in [1.807, 2.05) is 0 Å². The number of nitrogens with zero attached hydrogens (tertiary/aromatic N) is 2. The number of carbonyl (C=O) groups excluding carboxylic acids is 2. The highest BCUT2D eigenvalue weighted by molar-refractivity contribution is 6.74. The molecule has 27 heavy (non-hydrogen) atoms. The second-order valence-corrected chi connectivity index (χ2v) is 12.5. The van der Waals surface area contributed by atoms with E-state index in [1.54, 1.807) is 26.0 Å². The second-order valence-electron chi connectivity index (χ2n) is 7.74. The smallest absolute Gasteiger partial charge is 0.431 e. The van der Waals surface area contributed by atoms with E-state index in [1.165, 1.54) is 12.1 Å². The Kier molecular flexibility index (Phi) is 8.31. The van der Waals surface area contributed by atoms with E-state index in [0.29, 0.717) is 0 Å². The number of carbonyl (C=O) groups is 2. The molecule has 0 radical (unpaired) electrons. The van der Waals surface area contributed by atoms with E-state index in [9.17, 15) is 9.59 Å². The fourth-order valence-corrected chi connectivity index (χ4v) is 3.30. The van der Waals surface area contributed by atoms with Gasteiger partial charge in [0.1, 0.15) is 0 Å². The molecule has 1 heterocycles. The predicted octanol–water partition coefficient (Wildman–Crippen LogP) is 3.75. The van der Waals surface area contributed by atoms with E-state index in [0.717, 1.165) is 5.01 Å². The van der Waals surface area contributed by atoms with Gasteiger partial charge in [-0.05, 0) is 38.1 Å². The molecular formula is C18H34N2O6Si. The molecule has 2 amide bonds. The fourth-order valence-electron chi connectivity index (χ4n) is 2.28. The number of rotatable bonds is 6. The van der Waals surface area contributed by atoms with Gasteiger partial charge in [-0.15, -0.1) is 0 Å². The van der Waals surface area contributed by atoms with Crippen molar-refractivity contribution in [2.24, 2.45) is 0 Å². The van der Waals surface area contributed by atoms with Gasteiger partial charge in [-0.3, -0.25) is 0 Å². The molecule has 9 heteroatoms. The molecule has 0 aromatic carbocycles. The van der Waals surface area contributed by atoms with Crippen LogP contribution in [0.4, 0.5) is 9.59 Å². The number of hydrogen-bond donors (Lipinski definition) is 0. The number of methoxy groups -OCH3 is 1. The Morgan fingerprint density at radius 3 is 1.96 bits per heavy atom. The summed E-state index contributed by atoms with van der Waals surface area (Å²) >= 11 is 0. The molecule has 0 fully saturated rings. The highest BCUT2D eigenvalue weighted by Crippen LogP contribution is 2.37. The second kappa shape index (κ2) is 9.56. The third kappa shape index (κ3) is 5.69. The molecule has 0 N–H and O–H groups in total. The van der Waals surface area contributed by atoms with Crippen LogP contribution >= 0.6 is 0 Å². The van der Waals surface area contributed by atoms with Gasteiger partial charge in [0.05, 0.1) is 25.9 Å². The van der Waals surface area contributed by atoms with Crippen LogP contribution in [0.3, 0.4) is 0 Å². The molecule has 0 aliphatic carbocycles. The maximum atomic E-state index is 12.6. The van der Waals surface area contributed by atoms with Crippen molar-refractivity contribution < 1.29 is 28.2 Å². The van der Waals surface area contributed by atoms with Crippen LogP contribution in [0.15, 0.2) is 12.2 Å². The lowest BCUT2D eigenvalue weighted by Gasteiger charge is -2.44. The Labute approximate surface area is 163 Å². The molecule has 8 nitrogen and oxygen atoms in total. The third-order valence-electron chi connectivity index (χ3n) is 4.86. The van der Waals surface area contributed by atoms with Crippen LogP contribution in [-0.2, 0) is 18.6 Å². The summed E-state index contributed by atoms with van der Waals surface area (Å²) in [5, 5.41) is 2.39. The molecule has 1 aliphatic heterocycles. The molecule has 0 unspecified atom stereocenters. The highest BCUT2D eigenvalue weighted by Gasteiger charge is 2.43. The van der Waals surface area contributed by atoms with Crippen molar-refractivity contribution in [1.82, 2.24) is 10.0 Å². The lowest BCUT2D eigenvalue weighted by Crippen LogP contribution is -2.62. The Hall–Kier alpha value is -1.58. The van der Waals surface area contributed by atoms with Crippen molar-refractivity contribution in [2.45, 2.75) is 65.0 Å². The van der Waals surface area contributed by atoms with Crippen LogP contribution in [-0.4, -0.2) is 69.7 Å². The molecule has 1 aliphatic rings. The first-order valence-corrected chi connectivity index (χ1v) is 12.2. The van der Waals surface area contributed by atoms with Gasteiger partial charge < -0.3 is 18.6 Å². The van der Waals surface area contributed by atoms with Crippen LogP contribution in [0.2, 0.25) is 18.1 Å². The maximum absolute atomic E-state index is 12.6. The minimum atomic E-state index is -2.04. The molecule has 0 spiro atoms. The van der Waals surface area contributed by atoms with E-state index < -0.39 is 32.8 Å². The number of hydrazine groups is 1. The van der Waals surface area contributed by atoms with Crippen molar-refractivity contribution in [3.8, 4) is 0 Å². The summed E-state index contributed by atoms with van der Waals surface area (Å²) in [6.07, 6.45) is 1.41. The average Bonchev–Trinajstić information content (AvgIpc) is 2.58. The predicted molar refractivity (Wildman–Crippen MR) is 105 cm³/mol. The van der Waals surface area contributed by atoms with Gasteiger partial charge in [0.15, 0.2) is 14.5 Å². The van der Waals surface area contributed by atoms with E-state index in [4.69, 9.17) is 18.6 Å². The van der Waals surface area contributed by atoms with Gasteiger partial charge in [0.25, 0.3) is 0 Å². The lowest BCUT2D eigenvalue weighted by atomic mass is 10.2. The number of amides is 2. The summed E-state index contributed by atoms with van der Waals surface area (Å²) in [5.41, 5.74) is 0.